The van der Waals surface area contributed by atoms with Crippen molar-refractivity contribution in [3.05, 3.63) is 55.0 Å². The van der Waals surface area contributed by atoms with Crippen molar-refractivity contribution in [3.63, 3.8) is 0 Å². The topological polar surface area (TPSA) is 78.3 Å². The van der Waals surface area contributed by atoms with Crippen LogP contribution in [0.3, 0.4) is 0 Å². The highest BCUT2D eigenvalue weighted by atomic mass is 16.4. The van der Waals surface area contributed by atoms with Gasteiger partial charge in [0.25, 0.3) is 0 Å². The van der Waals surface area contributed by atoms with E-state index < -0.39 is 0 Å². The maximum absolute atomic E-state index is 5.52. The fourth-order valence-electron chi connectivity index (χ4n) is 1.89. The first-order valence-electron chi connectivity index (χ1n) is 6.22. The molecule has 0 saturated carbocycles. The van der Waals surface area contributed by atoms with Crippen LogP contribution in [0.15, 0.2) is 56.8 Å². The van der Waals surface area contributed by atoms with Crippen molar-refractivity contribution >= 4 is 0 Å². The normalized spacial score (nSPS) is 10.8. The molecule has 0 fully saturated rings. The van der Waals surface area contributed by atoms with Gasteiger partial charge in [-0.3, -0.25) is 0 Å². The molecule has 0 spiro atoms. The zero-order chi connectivity index (χ0) is 13.9. The van der Waals surface area contributed by atoms with Crippen LogP contribution in [0.25, 0.3) is 22.8 Å². The number of hydrogen-bond donors (Lipinski definition) is 1. The zero-order valence-corrected chi connectivity index (χ0v) is 10.8. The molecule has 0 aliphatic heterocycles. The number of nitrogens with two attached hydrogens (primary N) is 1. The molecule has 3 rings (SSSR count). The number of oxazole rings is 1. The minimum Gasteiger partial charge on any atom is -0.468 e. The summed E-state index contributed by atoms with van der Waals surface area (Å²) in [5, 5.41) is 0. The maximum atomic E-state index is 5.52. The van der Waals surface area contributed by atoms with E-state index in [1.54, 1.807) is 24.9 Å². The third-order valence-electron chi connectivity index (χ3n) is 2.89. The van der Waals surface area contributed by atoms with Crippen LogP contribution in [0, 0.1) is 0 Å². The van der Waals surface area contributed by atoms with Gasteiger partial charge in [0.05, 0.1) is 16.8 Å². The number of furan rings is 2. The van der Waals surface area contributed by atoms with E-state index in [4.69, 9.17) is 19.0 Å². The summed E-state index contributed by atoms with van der Waals surface area (Å²) in [6, 6.07) is 3.78. The Morgan fingerprint density at radius 2 is 1.95 bits per heavy atom. The molecule has 0 aliphatic rings. The summed E-state index contributed by atoms with van der Waals surface area (Å²) in [5.41, 5.74) is 7.85. The minimum absolute atomic E-state index is 0.348. The van der Waals surface area contributed by atoms with Gasteiger partial charge < -0.3 is 19.0 Å². The van der Waals surface area contributed by atoms with Crippen molar-refractivity contribution < 1.29 is 13.3 Å². The van der Waals surface area contributed by atoms with E-state index in [0.29, 0.717) is 30.3 Å². The molecule has 0 aliphatic carbocycles. The molecule has 0 atom stereocenters. The fourth-order valence-corrected chi connectivity index (χ4v) is 1.89. The lowest BCUT2D eigenvalue weighted by Gasteiger charge is -1.86. The van der Waals surface area contributed by atoms with Gasteiger partial charge in [0.15, 0.2) is 0 Å². The summed E-state index contributed by atoms with van der Waals surface area (Å²) in [7, 11) is 0. The van der Waals surface area contributed by atoms with E-state index in [1.807, 2.05) is 12.1 Å². The quantitative estimate of drug-likeness (QED) is 0.719. The standard InChI is InChI=1S/C15H14N2O3/c1-2-3-13-4-10(7-18-13)14-5-11(8-19-14)15-17-12(6-16)9-20-15/h2,4-5,7-9H,1,3,6,16H2. The van der Waals surface area contributed by atoms with Crippen molar-refractivity contribution in [2.24, 2.45) is 5.73 Å². The lowest BCUT2D eigenvalue weighted by atomic mass is 10.2. The van der Waals surface area contributed by atoms with Gasteiger partial charge in [-0.1, -0.05) is 6.08 Å². The Labute approximate surface area is 115 Å². The molecule has 0 aromatic carbocycles. The first-order valence-corrected chi connectivity index (χ1v) is 6.22. The lowest BCUT2D eigenvalue weighted by Crippen LogP contribution is -1.95. The molecule has 20 heavy (non-hydrogen) atoms. The summed E-state index contributed by atoms with van der Waals surface area (Å²) in [5.74, 6) is 2.04. The highest BCUT2D eigenvalue weighted by Crippen LogP contribution is 2.29. The van der Waals surface area contributed by atoms with Gasteiger partial charge >= 0.3 is 0 Å². The Bertz CT molecular complexity index is 721. The second-order valence-corrected chi connectivity index (χ2v) is 4.34. The Kier molecular flexibility index (Phi) is 3.26. The van der Waals surface area contributed by atoms with Crippen molar-refractivity contribution in [2.45, 2.75) is 13.0 Å². The Hall–Kier alpha value is -2.53. The predicted octanol–water partition coefficient (Wildman–Crippen LogP) is 3.38. The maximum Gasteiger partial charge on any atom is 0.229 e. The minimum atomic E-state index is 0.348. The predicted molar refractivity (Wildman–Crippen MR) is 73.7 cm³/mol. The van der Waals surface area contributed by atoms with Crippen molar-refractivity contribution in [3.8, 4) is 22.8 Å². The van der Waals surface area contributed by atoms with Crippen molar-refractivity contribution in [2.75, 3.05) is 0 Å². The number of nitrogens with zero attached hydrogens (tertiary/aromatic N) is 1. The first-order chi connectivity index (χ1) is 9.80. The van der Waals surface area contributed by atoms with Crippen LogP contribution in [0.2, 0.25) is 0 Å². The van der Waals surface area contributed by atoms with Gasteiger partial charge in [0.2, 0.25) is 5.89 Å². The molecule has 102 valence electrons. The SMILES string of the molecule is C=CCc1cc(-c2cc(-c3nc(CN)co3)co2)co1. The number of allylic oxidation sites excluding steroid dienone is 1. The van der Waals surface area contributed by atoms with Gasteiger partial charge in [-0.05, 0) is 12.1 Å². The van der Waals surface area contributed by atoms with Crippen molar-refractivity contribution in [1.82, 2.24) is 4.98 Å². The average molecular weight is 270 g/mol. The van der Waals surface area contributed by atoms with Gasteiger partial charge in [0.1, 0.15) is 30.3 Å². The Morgan fingerprint density at radius 3 is 2.70 bits per heavy atom. The monoisotopic (exact) mass is 270 g/mol. The average Bonchev–Trinajstić information content (AvgIpc) is 3.18. The molecule has 0 radical (unpaired) electrons. The molecule has 0 amide bonds. The lowest BCUT2D eigenvalue weighted by molar-refractivity contribution is 0.521. The summed E-state index contributed by atoms with van der Waals surface area (Å²) in [6.07, 6.45) is 7.27. The second kappa shape index (κ2) is 5.22. The molecular weight excluding hydrogens is 256 g/mol. The molecule has 5 nitrogen and oxygen atoms in total. The van der Waals surface area contributed by atoms with E-state index in [0.717, 1.165) is 16.9 Å². The molecule has 0 unspecified atom stereocenters. The van der Waals surface area contributed by atoms with Crippen LogP contribution in [0.1, 0.15) is 11.5 Å². The highest BCUT2D eigenvalue weighted by molar-refractivity contribution is 5.64. The molecule has 3 aromatic rings. The third-order valence-corrected chi connectivity index (χ3v) is 2.89. The van der Waals surface area contributed by atoms with E-state index in [9.17, 15) is 0 Å². The summed E-state index contributed by atoms with van der Waals surface area (Å²) < 4.78 is 16.3. The highest BCUT2D eigenvalue weighted by Gasteiger charge is 2.12. The Balaban J connectivity index is 1.86. The fraction of sp³-hybridized carbons (Fsp3) is 0.133. The van der Waals surface area contributed by atoms with Crippen LogP contribution >= 0.6 is 0 Å². The largest absolute Gasteiger partial charge is 0.468 e. The van der Waals surface area contributed by atoms with Crippen LogP contribution in [0.5, 0.6) is 0 Å². The van der Waals surface area contributed by atoms with Gasteiger partial charge in [-0.15, -0.1) is 6.58 Å². The van der Waals surface area contributed by atoms with Crippen LogP contribution in [-0.2, 0) is 13.0 Å². The van der Waals surface area contributed by atoms with Gasteiger partial charge in [0, 0.05) is 13.0 Å². The van der Waals surface area contributed by atoms with E-state index >= 15 is 0 Å². The van der Waals surface area contributed by atoms with E-state index in [-0.39, 0.29) is 0 Å². The summed E-state index contributed by atoms with van der Waals surface area (Å²) >= 11 is 0. The van der Waals surface area contributed by atoms with Gasteiger partial charge in [-0.2, -0.15) is 0 Å². The van der Waals surface area contributed by atoms with E-state index in [2.05, 4.69) is 11.6 Å². The third kappa shape index (κ3) is 2.31. The van der Waals surface area contributed by atoms with Crippen LogP contribution < -0.4 is 5.73 Å². The number of rotatable bonds is 5. The molecular formula is C15H14N2O3. The molecule has 5 heteroatoms. The molecule has 0 saturated heterocycles. The van der Waals surface area contributed by atoms with Crippen molar-refractivity contribution in [1.29, 1.82) is 0 Å². The Morgan fingerprint density at radius 1 is 1.10 bits per heavy atom. The van der Waals surface area contributed by atoms with E-state index in [1.165, 1.54) is 0 Å². The van der Waals surface area contributed by atoms with Gasteiger partial charge in [-0.25, -0.2) is 4.98 Å². The molecule has 0 bridgehead atoms. The summed E-state index contributed by atoms with van der Waals surface area (Å²) in [4.78, 5) is 4.25. The molecule has 3 aromatic heterocycles. The number of aromatic nitrogens is 1. The smallest absolute Gasteiger partial charge is 0.229 e. The second-order valence-electron chi connectivity index (χ2n) is 4.34. The zero-order valence-electron chi connectivity index (χ0n) is 10.8. The van der Waals surface area contributed by atoms with Crippen LogP contribution in [0.4, 0.5) is 0 Å². The molecule has 3 heterocycles. The molecule has 2 N–H and O–H groups in total. The van der Waals surface area contributed by atoms with Crippen LogP contribution in [-0.4, -0.2) is 4.98 Å². The summed E-state index contributed by atoms with van der Waals surface area (Å²) in [6.45, 7) is 4.03. The number of hydrogen-bond acceptors (Lipinski definition) is 5. The first kappa shape index (κ1) is 12.5.